The number of rotatable bonds is 7. The number of carbonyl (C=O) groups is 1. The van der Waals surface area contributed by atoms with E-state index in [1.165, 1.54) is 18.2 Å². The van der Waals surface area contributed by atoms with Gasteiger partial charge in [0.2, 0.25) is 0 Å². The highest BCUT2D eigenvalue weighted by atomic mass is 19.1. The molecule has 0 fully saturated rings. The number of carbonyl (C=O) groups excluding carboxylic acids is 1. The normalized spacial score (nSPS) is 10.6. The van der Waals surface area contributed by atoms with Gasteiger partial charge in [0, 0.05) is 23.4 Å². The summed E-state index contributed by atoms with van der Waals surface area (Å²) < 4.78 is 33.9. The second-order valence-electron chi connectivity index (χ2n) is 6.88. The zero-order chi connectivity index (χ0) is 21.6. The molecular formula is C24H19F2N3O2. The summed E-state index contributed by atoms with van der Waals surface area (Å²) in [6, 6.07) is 20.9. The summed E-state index contributed by atoms with van der Waals surface area (Å²) in [4.78, 5) is 12.5. The molecule has 7 heteroatoms. The van der Waals surface area contributed by atoms with Gasteiger partial charge in [0.15, 0.2) is 5.82 Å². The van der Waals surface area contributed by atoms with E-state index in [9.17, 15) is 13.6 Å². The van der Waals surface area contributed by atoms with E-state index in [0.717, 1.165) is 5.56 Å². The van der Waals surface area contributed by atoms with Crippen molar-refractivity contribution >= 4 is 11.7 Å². The minimum absolute atomic E-state index is 0.269. The summed E-state index contributed by atoms with van der Waals surface area (Å²) in [5.41, 5.74) is 1.85. The average Bonchev–Trinajstić information content (AvgIpc) is 3.22. The second-order valence-corrected chi connectivity index (χ2v) is 6.88. The largest absolute Gasteiger partial charge is 0.489 e. The van der Waals surface area contributed by atoms with Crippen molar-refractivity contribution in [1.82, 2.24) is 9.78 Å². The molecule has 0 unspecified atom stereocenters. The van der Waals surface area contributed by atoms with Crippen LogP contribution in [-0.4, -0.2) is 15.7 Å². The number of nitrogens with one attached hydrogen (secondary N) is 1. The van der Waals surface area contributed by atoms with E-state index in [0.29, 0.717) is 29.3 Å². The third kappa shape index (κ3) is 5.33. The van der Waals surface area contributed by atoms with Crippen molar-refractivity contribution in [3.8, 4) is 5.75 Å². The van der Waals surface area contributed by atoms with Crippen LogP contribution in [0, 0.1) is 11.6 Å². The van der Waals surface area contributed by atoms with Crippen molar-refractivity contribution in [2.75, 3.05) is 5.32 Å². The zero-order valence-corrected chi connectivity index (χ0v) is 16.5. The fourth-order valence-corrected chi connectivity index (χ4v) is 2.96. The molecule has 0 saturated carbocycles. The summed E-state index contributed by atoms with van der Waals surface area (Å²) in [7, 11) is 0. The Hall–Kier alpha value is -4.00. The first kappa shape index (κ1) is 20.3. The fourth-order valence-electron chi connectivity index (χ4n) is 2.96. The molecule has 0 atom stereocenters. The van der Waals surface area contributed by atoms with Crippen LogP contribution in [0.5, 0.6) is 5.75 Å². The summed E-state index contributed by atoms with van der Waals surface area (Å²) in [5, 5.41) is 7.00. The molecule has 4 aromatic rings. The summed E-state index contributed by atoms with van der Waals surface area (Å²) >= 11 is 0. The number of hydrogen-bond acceptors (Lipinski definition) is 3. The molecule has 0 aliphatic rings. The van der Waals surface area contributed by atoms with Crippen LogP contribution in [0.1, 0.15) is 21.5 Å². The number of ether oxygens (including phenoxy) is 1. The monoisotopic (exact) mass is 419 g/mol. The smallest absolute Gasteiger partial charge is 0.256 e. The third-order valence-electron chi connectivity index (χ3n) is 4.61. The van der Waals surface area contributed by atoms with Gasteiger partial charge in [-0.25, -0.2) is 8.78 Å². The van der Waals surface area contributed by atoms with E-state index < -0.39 is 0 Å². The first-order valence-corrected chi connectivity index (χ1v) is 9.62. The van der Waals surface area contributed by atoms with E-state index >= 15 is 0 Å². The Morgan fingerprint density at radius 1 is 0.935 bits per heavy atom. The van der Waals surface area contributed by atoms with E-state index in [1.807, 2.05) is 0 Å². The number of anilines is 1. The van der Waals surface area contributed by atoms with Crippen molar-refractivity contribution in [2.24, 2.45) is 0 Å². The maximum absolute atomic E-state index is 13.8. The van der Waals surface area contributed by atoms with Gasteiger partial charge in [-0.15, -0.1) is 0 Å². The zero-order valence-electron chi connectivity index (χ0n) is 16.5. The minimum atomic E-state index is -0.320. The number of halogens is 2. The highest BCUT2D eigenvalue weighted by molar-refractivity contribution is 6.03. The van der Waals surface area contributed by atoms with Crippen molar-refractivity contribution in [1.29, 1.82) is 0 Å². The molecule has 0 aliphatic heterocycles. The van der Waals surface area contributed by atoms with E-state index in [4.69, 9.17) is 4.74 Å². The first-order chi connectivity index (χ1) is 15.1. The average molecular weight is 419 g/mol. The molecule has 4 rings (SSSR count). The van der Waals surface area contributed by atoms with Crippen LogP contribution >= 0.6 is 0 Å². The molecule has 1 aromatic heterocycles. The van der Waals surface area contributed by atoms with Gasteiger partial charge < -0.3 is 10.1 Å². The van der Waals surface area contributed by atoms with Gasteiger partial charge in [-0.3, -0.25) is 9.48 Å². The predicted octanol–water partition coefficient (Wildman–Crippen LogP) is 5.04. The molecule has 0 saturated heterocycles. The Morgan fingerprint density at radius 2 is 1.68 bits per heavy atom. The lowest BCUT2D eigenvalue weighted by molar-refractivity contribution is 0.102. The molecule has 5 nitrogen and oxygen atoms in total. The summed E-state index contributed by atoms with van der Waals surface area (Å²) in [6.45, 7) is 0.569. The topological polar surface area (TPSA) is 56.2 Å². The molecule has 0 aliphatic carbocycles. The maximum atomic E-state index is 13.8. The molecule has 0 radical (unpaired) electrons. The standard InChI is InChI=1S/C24H19F2N3O2/c25-20-9-11-21(12-10-20)31-16-17-5-7-18(8-6-17)24(30)27-23-13-14-29(28-23)15-19-3-1-2-4-22(19)26/h1-14H,15-16H2,(H,27,28,30). The summed E-state index contributed by atoms with van der Waals surface area (Å²) in [5.74, 6) is 0.0215. The van der Waals surface area contributed by atoms with Crippen molar-refractivity contribution in [2.45, 2.75) is 13.2 Å². The Morgan fingerprint density at radius 3 is 2.42 bits per heavy atom. The molecule has 1 amide bonds. The first-order valence-electron chi connectivity index (χ1n) is 9.62. The van der Waals surface area contributed by atoms with Crippen LogP contribution < -0.4 is 10.1 Å². The third-order valence-corrected chi connectivity index (χ3v) is 4.61. The number of amides is 1. The maximum Gasteiger partial charge on any atom is 0.256 e. The number of aromatic nitrogens is 2. The number of nitrogens with zero attached hydrogens (tertiary/aromatic N) is 2. The van der Waals surface area contributed by atoms with E-state index in [-0.39, 0.29) is 24.1 Å². The SMILES string of the molecule is O=C(Nc1ccn(Cc2ccccc2F)n1)c1ccc(COc2ccc(F)cc2)cc1. The molecule has 3 aromatic carbocycles. The highest BCUT2D eigenvalue weighted by Crippen LogP contribution is 2.15. The molecule has 31 heavy (non-hydrogen) atoms. The molecule has 0 bridgehead atoms. The Kier molecular flexibility index (Phi) is 6.03. The van der Waals surface area contributed by atoms with Crippen LogP contribution in [-0.2, 0) is 13.2 Å². The van der Waals surface area contributed by atoms with E-state index in [2.05, 4.69) is 10.4 Å². The van der Waals surface area contributed by atoms with Crippen LogP contribution in [0.3, 0.4) is 0 Å². The van der Waals surface area contributed by atoms with Crippen molar-refractivity contribution in [3.63, 3.8) is 0 Å². The molecule has 1 N–H and O–H groups in total. The minimum Gasteiger partial charge on any atom is -0.489 e. The van der Waals surface area contributed by atoms with Gasteiger partial charge in [-0.05, 0) is 48.0 Å². The van der Waals surface area contributed by atoms with Gasteiger partial charge in [0.1, 0.15) is 24.0 Å². The fraction of sp³-hybridized carbons (Fsp3) is 0.0833. The van der Waals surface area contributed by atoms with Crippen molar-refractivity contribution in [3.05, 3.63) is 113 Å². The Bertz CT molecular complexity index is 1170. The van der Waals surface area contributed by atoms with Gasteiger partial charge in [0.05, 0.1) is 6.54 Å². The quantitative estimate of drug-likeness (QED) is 0.457. The number of benzene rings is 3. The lowest BCUT2D eigenvalue weighted by Crippen LogP contribution is -2.13. The lowest BCUT2D eigenvalue weighted by atomic mass is 10.1. The molecular weight excluding hydrogens is 400 g/mol. The van der Waals surface area contributed by atoms with Gasteiger partial charge in [-0.1, -0.05) is 30.3 Å². The highest BCUT2D eigenvalue weighted by Gasteiger charge is 2.09. The lowest BCUT2D eigenvalue weighted by Gasteiger charge is -2.07. The van der Waals surface area contributed by atoms with Crippen LogP contribution in [0.15, 0.2) is 85.1 Å². The molecule has 156 valence electrons. The predicted molar refractivity (Wildman–Crippen MR) is 113 cm³/mol. The van der Waals surface area contributed by atoms with Crippen LogP contribution in [0.25, 0.3) is 0 Å². The second kappa shape index (κ2) is 9.21. The molecule has 0 spiro atoms. The number of hydrogen-bond donors (Lipinski definition) is 1. The van der Waals surface area contributed by atoms with Crippen LogP contribution in [0.4, 0.5) is 14.6 Å². The Labute approximate surface area is 177 Å². The van der Waals surface area contributed by atoms with Gasteiger partial charge in [0.25, 0.3) is 5.91 Å². The Balaban J connectivity index is 1.33. The van der Waals surface area contributed by atoms with Crippen LogP contribution in [0.2, 0.25) is 0 Å². The molecule has 1 heterocycles. The summed E-state index contributed by atoms with van der Waals surface area (Å²) in [6.07, 6.45) is 1.68. The van der Waals surface area contributed by atoms with Crippen molar-refractivity contribution < 1.29 is 18.3 Å². The van der Waals surface area contributed by atoms with Gasteiger partial charge >= 0.3 is 0 Å². The van der Waals surface area contributed by atoms with Gasteiger partial charge in [-0.2, -0.15) is 5.10 Å². The van der Waals surface area contributed by atoms with E-state index in [1.54, 1.807) is 71.5 Å².